The van der Waals surface area contributed by atoms with Crippen LogP contribution in [0.5, 0.6) is 0 Å². The van der Waals surface area contributed by atoms with Gasteiger partial charge < -0.3 is 21.5 Å². The summed E-state index contributed by atoms with van der Waals surface area (Å²) in [6.07, 6.45) is 19.0. The molecule has 6 nitrogen and oxygen atoms in total. The SMILES string of the molecule is CC(C)CC(NC(=O)CC(O)C(N)CCc1ccccc1)C(=O)NC1CCCCC(C2CCCCCCC2)CCC1. The minimum Gasteiger partial charge on any atom is -0.391 e. The molecule has 232 valence electrons. The zero-order valence-corrected chi connectivity index (χ0v) is 26.0. The van der Waals surface area contributed by atoms with Crippen LogP contribution in [0.2, 0.25) is 0 Å². The Hall–Kier alpha value is -1.92. The molecule has 6 heteroatoms. The Morgan fingerprint density at radius 1 is 0.854 bits per heavy atom. The van der Waals surface area contributed by atoms with Crippen molar-refractivity contribution in [2.75, 3.05) is 0 Å². The molecule has 2 amide bonds. The van der Waals surface area contributed by atoms with E-state index in [1.54, 1.807) is 0 Å². The van der Waals surface area contributed by atoms with Crippen molar-refractivity contribution in [1.29, 1.82) is 0 Å². The Bertz CT molecular complexity index is 869. The van der Waals surface area contributed by atoms with Crippen molar-refractivity contribution >= 4 is 11.8 Å². The van der Waals surface area contributed by atoms with Crippen LogP contribution in [0.15, 0.2) is 30.3 Å². The first-order valence-corrected chi connectivity index (χ1v) is 16.9. The van der Waals surface area contributed by atoms with E-state index in [2.05, 4.69) is 24.5 Å². The lowest BCUT2D eigenvalue weighted by Gasteiger charge is -2.29. The molecule has 2 saturated carbocycles. The van der Waals surface area contributed by atoms with Gasteiger partial charge in [-0.25, -0.2) is 0 Å². The number of carbonyl (C=O) groups is 2. The molecule has 5 N–H and O–H groups in total. The Balaban J connectivity index is 1.47. The fourth-order valence-electron chi connectivity index (χ4n) is 7.06. The molecule has 41 heavy (non-hydrogen) atoms. The summed E-state index contributed by atoms with van der Waals surface area (Å²) < 4.78 is 0. The monoisotopic (exact) mass is 569 g/mol. The maximum Gasteiger partial charge on any atom is 0.242 e. The van der Waals surface area contributed by atoms with Gasteiger partial charge in [0.2, 0.25) is 11.8 Å². The molecule has 0 aliphatic heterocycles. The third-order valence-corrected chi connectivity index (χ3v) is 9.52. The van der Waals surface area contributed by atoms with E-state index >= 15 is 0 Å². The van der Waals surface area contributed by atoms with Crippen molar-refractivity contribution in [2.45, 2.75) is 154 Å². The highest BCUT2D eigenvalue weighted by atomic mass is 16.3. The van der Waals surface area contributed by atoms with E-state index in [0.717, 1.165) is 43.1 Å². The summed E-state index contributed by atoms with van der Waals surface area (Å²) in [5.74, 6) is 1.60. The second kappa shape index (κ2) is 18.6. The third-order valence-electron chi connectivity index (χ3n) is 9.52. The normalized spacial score (nSPS) is 23.6. The van der Waals surface area contributed by atoms with E-state index in [0.29, 0.717) is 12.8 Å². The van der Waals surface area contributed by atoms with Gasteiger partial charge in [-0.15, -0.1) is 0 Å². The predicted molar refractivity (Wildman–Crippen MR) is 168 cm³/mol. The number of rotatable bonds is 12. The fraction of sp³-hybridized carbons (Fsp3) is 0.771. The van der Waals surface area contributed by atoms with E-state index in [1.165, 1.54) is 70.6 Å². The molecule has 3 rings (SSSR count). The van der Waals surface area contributed by atoms with Crippen LogP contribution in [-0.4, -0.2) is 41.2 Å². The van der Waals surface area contributed by atoms with E-state index in [-0.39, 0.29) is 30.2 Å². The number of carbonyl (C=O) groups excluding carboxylic acids is 2. The van der Waals surface area contributed by atoms with Crippen LogP contribution in [-0.2, 0) is 16.0 Å². The summed E-state index contributed by atoms with van der Waals surface area (Å²) in [4.78, 5) is 26.3. The Kier molecular flexibility index (Phi) is 15.2. The van der Waals surface area contributed by atoms with Crippen LogP contribution >= 0.6 is 0 Å². The lowest BCUT2D eigenvalue weighted by atomic mass is 9.77. The lowest BCUT2D eigenvalue weighted by molar-refractivity contribution is -0.131. The summed E-state index contributed by atoms with van der Waals surface area (Å²) in [7, 11) is 0. The number of aliphatic hydroxyl groups excluding tert-OH is 1. The first-order valence-electron chi connectivity index (χ1n) is 16.9. The summed E-state index contributed by atoms with van der Waals surface area (Å²) in [5.41, 5.74) is 7.37. The van der Waals surface area contributed by atoms with Crippen molar-refractivity contribution < 1.29 is 14.7 Å². The van der Waals surface area contributed by atoms with Gasteiger partial charge >= 0.3 is 0 Å². The number of amides is 2. The van der Waals surface area contributed by atoms with Gasteiger partial charge in [-0.3, -0.25) is 9.59 Å². The molecular formula is C35H59N3O3. The molecule has 0 aromatic heterocycles. The number of benzene rings is 1. The van der Waals surface area contributed by atoms with Gasteiger partial charge in [-0.2, -0.15) is 0 Å². The minimum atomic E-state index is -0.943. The van der Waals surface area contributed by atoms with Crippen LogP contribution in [0.4, 0.5) is 0 Å². The molecule has 5 atom stereocenters. The van der Waals surface area contributed by atoms with Crippen LogP contribution in [0, 0.1) is 17.8 Å². The van der Waals surface area contributed by atoms with Crippen LogP contribution in [0.3, 0.4) is 0 Å². The number of aliphatic hydroxyl groups is 1. The molecular weight excluding hydrogens is 510 g/mol. The smallest absolute Gasteiger partial charge is 0.242 e. The molecule has 5 unspecified atom stereocenters. The van der Waals surface area contributed by atoms with Crippen molar-refractivity contribution in [3.05, 3.63) is 35.9 Å². The second-order valence-electron chi connectivity index (χ2n) is 13.5. The van der Waals surface area contributed by atoms with E-state index < -0.39 is 18.2 Å². The average molecular weight is 570 g/mol. The quantitative estimate of drug-likeness (QED) is 0.233. The van der Waals surface area contributed by atoms with Crippen LogP contribution in [0.25, 0.3) is 0 Å². The largest absolute Gasteiger partial charge is 0.391 e. The standard InChI is InChI=1S/C35H59N3O3/c1-26(2)24-32(38-34(40)25-33(39)31(36)23-22-27-14-7-6-8-15-27)35(41)37-30-20-12-11-18-29(19-13-21-30)28-16-9-4-3-5-10-17-28/h6-8,14-15,26,28-33,39H,3-5,9-13,16-25,36H2,1-2H3,(H,37,41)(H,38,40). The van der Waals surface area contributed by atoms with Crippen molar-refractivity contribution in [3.63, 3.8) is 0 Å². The number of hydrogen-bond acceptors (Lipinski definition) is 4. The Morgan fingerprint density at radius 3 is 2.07 bits per heavy atom. The molecule has 2 fully saturated rings. The highest BCUT2D eigenvalue weighted by Crippen LogP contribution is 2.35. The number of nitrogens with one attached hydrogen (secondary N) is 2. The minimum absolute atomic E-state index is 0.0873. The molecule has 1 aromatic carbocycles. The summed E-state index contributed by atoms with van der Waals surface area (Å²) in [6, 6.07) is 9.10. The zero-order chi connectivity index (χ0) is 29.5. The molecule has 2 aliphatic rings. The van der Waals surface area contributed by atoms with Gasteiger partial charge in [0.15, 0.2) is 0 Å². The first-order chi connectivity index (χ1) is 19.8. The van der Waals surface area contributed by atoms with Crippen molar-refractivity contribution in [3.8, 4) is 0 Å². The van der Waals surface area contributed by atoms with E-state index in [4.69, 9.17) is 5.73 Å². The fourth-order valence-corrected chi connectivity index (χ4v) is 7.06. The molecule has 0 saturated heterocycles. The molecule has 1 aromatic rings. The van der Waals surface area contributed by atoms with Gasteiger partial charge in [0, 0.05) is 12.1 Å². The van der Waals surface area contributed by atoms with Crippen LogP contribution < -0.4 is 16.4 Å². The lowest BCUT2D eigenvalue weighted by Crippen LogP contribution is -2.51. The maximum atomic E-state index is 13.4. The molecule has 0 bridgehead atoms. The molecule has 0 radical (unpaired) electrons. The number of nitrogens with two attached hydrogens (primary N) is 1. The highest BCUT2D eigenvalue weighted by molar-refractivity contribution is 5.88. The van der Waals surface area contributed by atoms with Crippen molar-refractivity contribution in [1.82, 2.24) is 10.6 Å². The topological polar surface area (TPSA) is 104 Å². The number of aryl methyl sites for hydroxylation is 1. The molecule has 0 spiro atoms. The highest BCUT2D eigenvalue weighted by Gasteiger charge is 2.28. The van der Waals surface area contributed by atoms with Gasteiger partial charge in [0.25, 0.3) is 0 Å². The Morgan fingerprint density at radius 2 is 1.41 bits per heavy atom. The van der Waals surface area contributed by atoms with E-state index in [9.17, 15) is 14.7 Å². The predicted octanol–water partition coefficient (Wildman–Crippen LogP) is 6.43. The van der Waals surface area contributed by atoms with E-state index in [1.807, 2.05) is 30.3 Å². The van der Waals surface area contributed by atoms with Gasteiger partial charge in [0.05, 0.1) is 12.5 Å². The summed E-state index contributed by atoms with van der Waals surface area (Å²) in [5, 5.41) is 16.8. The van der Waals surface area contributed by atoms with Gasteiger partial charge in [0.1, 0.15) is 6.04 Å². The zero-order valence-electron chi connectivity index (χ0n) is 26.0. The van der Waals surface area contributed by atoms with Crippen LogP contribution in [0.1, 0.15) is 129 Å². The van der Waals surface area contributed by atoms with Gasteiger partial charge in [-0.1, -0.05) is 121 Å². The molecule has 2 aliphatic carbocycles. The average Bonchev–Trinajstić information content (AvgIpc) is 3.04. The van der Waals surface area contributed by atoms with Gasteiger partial charge in [-0.05, 0) is 55.4 Å². The summed E-state index contributed by atoms with van der Waals surface area (Å²) in [6.45, 7) is 4.13. The maximum absolute atomic E-state index is 13.4. The first kappa shape index (κ1) is 33.6. The third kappa shape index (κ3) is 12.9. The summed E-state index contributed by atoms with van der Waals surface area (Å²) >= 11 is 0. The number of hydrogen-bond donors (Lipinski definition) is 4. The Labute approximate surface area is 250 Å². The van der Waals surface area contributed by atoms with Crippen molar-refractivity contribution in [2.24, 2.45) is 23.5 Å². The second-order valence-corrected chi connectivity index (χ2v) is 13.5. The molecule has 0 heterocycles.